The summed E-state index contributed by atoms with van der Waals surface area (Å²) in [5, 5.41) is 2.60. The van der Waals surface area contributed by atoms with Gasteiger partial charge in [0.2, 0.25) is 0 Å². The van der Waals surface area contributed by atoms with Gasteiger partial charge < -0.3 is 14.6 Å². The van der Waals surface area contributed by atoms with Crippen molar-refractivity contribution in [1.29, 1.82) is 0 Å². The first kappa shape index (κ1) is 20.7. The Hall–Kier alpha value is -2.58. The van der Waals surface area contributed by atoms with Gasteiger partial charge in [-0.1, -0.05) is 6.07 Å². The van der Waals surface area contributed by atoms with Gasteiger partial charge in [-0.2, -0.15) is 13.2 Å². The number of alkyl carbamates (subject to hydrolysis) is 1. The van der Waals surface area contributed by atoms with E-state index in [0.717, 1.165) is 6.20 Å². The summed E-state index contributed by atoms with van der Waals surface area (Å²) in [4.78, 5) is 19.6. The first-order valence-corrected chi connectivity index (χ1v) is 8.45. The molecule has 0 radical (unpaired) electrons. The highest BCUT2D eigenvalue weighted by Crippen LogP contribution is 2.32. The van der Waals surface area contributed by atoms with E-state index in [1.165, 1.54) is 10.8 Å². The molecule has 0 aromatic carbocycles. The summed E-state index contributed by atoms with van der Waals surface area (Å²) in [7, 11) is 0. The number of hydrogen-bond donors (Lipinski definition) is 1. The molecule has 2 aromatic heterocycles. The molecule has 2 aromatic rings. The van der Waals surface area contributed by atoms with E-state index >= 15 is 0 Å². The number of halogens is 3. The number of nitrogens with one attached hydrogen (secondary N) is 1. The monoisotopic (exact) mass is 384 g/mol. The molecule has 0 saturated heterocycles. The molecule has 0 bridgehead atoms. The predicted molar refractivity (Wildman–Crippen MR) is 93.9 cm³/mol. The maximum absolute atomic E-state index is 13.0. The van der Waals surface area contributed by atoms with Crippen molar-refractivity contribution in [2.75, 3.05) is 0 Å². The van der Waals surface area contributed by atoms with E-state index in [1.807, 2.05) is 0 Å². The van der Waals surface area contributed by atoms with Gasteiger partial charge in [-0.15, -0.1) is 0 Å². The van der Waals surface area contributed by atoms with Crippen molar-refractivity contribution in [1.82, 2.24) is 19.9 Å². The SMILES string of the molecule is CC(C)n1cc(C(F)(F)F)nc1-c1ccc(CNC(=O)OC(C)(C)C)cn1. The van der Waals surface area contributed by atoms with Crippen LogP contribution in [0.4, 0.5) is 18.0 Å². The summed E-state index contributed by atoms with van der Waals surface area (Å²) in [5.41, 5.74) is -0.553. The fraction of sp³-hybridized carbons (Fsp3) is 0.500. The lowest BCUT2D eigenvalue weighted by atomic mass is 10.2. The molecule has 0 spiro atoms. The summed E-state index contributed by atoms with van der Waals surface area (Å²) < 4.78 is 45.5. The molecule has 0 atom stereocenters. The molecule has 0 fully saturated rings. The Morgan fingerprint density at radius 2 is 1.93 bits per heavy atom. The number of hydrogen-bond acceptors (Lipinski definition) is 4. The molecule has 0 saturated carbocycles. The number of nitrogens with zero attached hydrogens (tertiary/aromatic N) is 3. The van der Waals surface area contributed by atoms with Crippen LogP contribution in [0.15, 0.2) is 24.5 Å². The lowest BCUT2D eigenvalue weighted by Crippen LogP contribution is -2.32. The van der Waals surface area contributed by atoms with E-state index < -0.39 is 23.6 Å². The minimum Gasteiger partial charge on any atom is -0.444 e. The highest BCUT2D eigenvalue weighted by atomic mass is 19.4. The predicted octanol–water partition coefficient (Wildman–Crippen LogP) is 4.57. The van der Waals surface area contributed by atoms with E-state index in [1.54, 1.807) is 46.8 Å². The number of amides is 1. The Bertz CT molecular complexity index is 790. The molecule has 0 unspecified atom stereocenters. The first-order chi connectivity index (χ1) is 12.4. The molecule has 0 aliphatic heterocycles. The number of carbonyl (C=O) groups is 1. The van der Waals surface area contributed by atoms with Crippen molar-refractivity contribution in [3.05, 3.63) is 35.8 Å². The van der Waals surface area contributed by atoms with Crippen LogP contribution >= 0.6 is 0 Å². The van der Waals surface area contributed by atoms with Crippen molar-refractivity contribution in [3.8, 4) is 11.5 Å². The molecule has 0 aliphatic rings. The largest absolute Gasteiger partial charge is 0.444 e. The number of rotatable bonds is 4. The number of carbonyl (C=O) groups excluding carboxylic acids is 1. The van der Waals surface area contributed by atoms with Crippen LogP contribution in [0.1, 0.15) is 51.9 Å². The Balaban J connectivity index is 2.15. The minimum atomic E-state index is -4.52. The van der Waals surface area contributed by atoms with Crippen LogP contribution in [0.3, 0.4) is 0 Å². The molecule has 6 nitrogen and oxygen atoms in total. The summed E-state index contributed by atoms with van der Waals surface area (Å²) in [6, 6.07) is 3.04. The Kier molecular flexibility index (Phi) is 5.82. The zero-order valence-corrected chi connectivity index (χ0v) is 15.9. The van der Waals surface area contributed by atoms with Gasteiger partial charge in [0.1, 0.15) is 11.3 Å². The Labute approximate surface area is 155 Å². The smallest absolute Gasteiger partial charge is 0.434 e. The van der Waals surface area contributed by atoms with Gasteiger partial charge in [0.25, 0.3) is 0 Å². The fourth-order valence-corrected chi connectivity index (χ4v) is 2.26. The fourth-order valence-electron chi connectivity index (χ4n) is 2.26. The van der Waals surface area contributed by atoms with E-state index in [4.69, 9.17) is 4.74 Å². The molecule has 1 N–H and O–H groups in total. The van der Waals surface area contributed by atoms with Crippen LogP contribution in [-0.2, 0) is 17.5 Å². The third kappa shape index (κ3) is 5.70. The van der Waals surface area contributed by atoms with E-state index in [2.05, 4.69) is 15.3 Å². The lowest BCUT2D eigenvalue weighted by molar-refractivity contribution is -0.140. The molecule has 148 valence electrons. The minimum absolute atomic E-state index is 0.143. The first-order valence-electron chi connectivity index (χ1n) is 8.45. The Morgan fingerprint density at radius 3 is 2.41 bits per heavy atom. The molecule has 0 aliphatic carbocycles. The molecule has 27 heavy (non-hydrogen) atoms. The number of imidazole rings is 1. The van der Waals surface area contributed by atoms with E-state index in [-0.39, 0.29) is 18.4 Å². The molecule has 2 heterocycles. The maximum atomic E-state index is 13.0. The van der Waals surface area contributed by atoms with Crippen LogP contribution < -0.4 is 5.32 Å². The standard InChI is InChI=1S/C18H23F3N4O2/c1-11(2)25-10-14(18(19,20)21)24-15(25)13-7-6-12(8-22-13)9-23-16(26)27-17(3,4)5/h6-8,10-11H,9H2,1-5H3,(H,23,26). The van der Waals surface area contributed by atoms with Gasteiger partial charge in [-0.05, 0) is 46.2 Å². The van der Waals surface area contributed by atoms with Gasteiger partial charge in [0.05, 0.1) is 0 Å². The van der Waals surface area contributed by atoms with Crippen molar-refractivity contribution in [2.24, 2.45) is 0 Å². The normalized spacial score (nSPS) is 12.3. The average molecular weight is 384 g/mol. The number of ether oxygens (including phenoxy) is 1. The summed E-state index contributed by atoms with van der Waals surface area (Å²) >= 11 is 0. The van der Waals surface area contributed by atoms with Crippen molar-refractivity contribution >= 4 is 6.09 Å². The van der Waals surface area contributed by atoms with Crippen LogP contribution in [0.25, 0.3) is 11.5 Å². The third-order valence-electron chi connectivity index (χ3n) is 3.47. The number of pyridine rings is 1. The number of aromatic nitrogens is 3. The summed E-state index contributed by atoms with van der Waals surface area (Å²) in [6.07, 6.45) is -2.61. The topological polar surface area (TPSA) is 69.0 Å². The molecule has 9 heteroatoms. The van der Waals surface area contributed by atoms with Crippen LogP contribution in [0, 0.1) is 0 Å². The lowest BCUT2D eigenvalue weighted by Gasteiger charge is -2.19. The van der Waals surface area contributed by atoms with Crippen molar-refractivity contribution in [3.63, 3.8) is 0 Å². The van der Waals surface area contributed by atoms with Gasteiger partial charge in [0.15, 0.2) is 11.5 Å². The second kappa shape index (κ2) is 7.58. The van der Waals surface area contributed by atoms with Gasteiger partial charge in [0, 0.05) is 25.0 Å². The van der Waals surface area contributed by atoms with Gasteiger partial charge in [-0.25, -0.2) is 9.78 Å². The molecular weight excluding hydrogens is 361 g/mol. The third-order valence-corrected chi connectivity index (χ3v) is 3.47. The Morgan fingerprint density at radius 1 is 1.26 bits per heavy atom. The quantitative estimate of drug-likeness (QED) is 0.838. The second-order valence-electron chi connectivity index (χ2n) is 7.36. The molecule has 1 amide bonds. The van der Waals surface area contributed by atoms with Crippen molar-refractivity contribution in [2.45, 2.75) is 59.0 Å². The van der Waals surface area contributed by atoms with Gasteiger partial charge >= 0.3 is 12.3 Å². The highest BCUT2D eigenvalue weighted by Gasteiger charge is 2.35. The van der Waals surface area contributed by atoms with Crippen LogP contribution in [-0.4, -0.2) is 26.2 Å². The number of alkyl halides is 3. The van der Waals surface area contributed by atoms with E-state index in [0.29, 0.717) is 11.3 Å². The zero-order chi connectivity index (χ0) is 20.4. The van der Waals surface area contributed by atoms with Gasteiger partial charge in [-0.3, -0.25) is 4.98 Å². The summed E-state index contributed by atoms with van der Waals surface area (Å²) in [6.45, 7) is 9.00. The molecule has 2 rings (SSSR count). The van der Waals surface area contributed by atoms with E-state index in [9.17, 15) is 18.0 Å². The van der Waals surface area contributed by atoms with Crippen molar-refractivity contribution < 1.29 is 22.7 Å². The second-order valence-corrected chi connectivity index (χ2v) is 7.36. The average Bonchev–Trinajstić information content (AvgIpc) is 2.97. The van der Waals surface area contributed by atoms with Crippen LogP contribution in [0.2, 0.25) is 0 Å². The zero-order valence-electron chi connectivity index (χ0n) is 15.9. The van der Waals surface area contributed by atoms with Crippen LogP contribution in [0.5, 0.6) is 0 Å². The highest BCUT2D eigenvalue weighted by molar-refractivity contribution is 5.67. The molecular formula is C18H23F3N4O2. The summed E-state index contributed by atoms with van der Waals surface area (Å²) in [5.74, 6) is 0.143. The maximum Gasteiger partial charge on any atom is 0.434 e.